The van der Waals surface area contributed by atoms with Crippen molar-refractivity contribution in [3.05, 3.63) is 23.8 Å². The number of nitrogens with two attached hydrogens (primary N) is 1. The van der Waals surface area contributed by atoms with Crippen LogP contribution in [-0.4, -0.2) is 14.5 Å². The Morgan fingerprint density at radius 2 is 2.00 bits per heavy atom. The van der Waals surface area contributed by atoms with Gasteiger partial charge in [-0.05, 0) is 37.0 Å². The Labute approximate surface area is 126 Å². The monoisotopic (exact) mass is 307 g/mol. The van der Waals surface area contributed by atoms with Crippen LogP contribution in [-0.2, 0) is 10.0 Å². The Hall–Kier alpha value is -1.58. The SMILES string of the molecule is CC1CCCCCC1NS(=O)(=O)c1ccc(C#N)cc1N. The lowest BCUT2D eigenvalue weighted by Gasteiger charge is -2.23. The number of nitrogen functional groups attached to an aromatic ring is 1. The zero-order valence-electron chi connectivity index (χ0n) is 12.2. The van der Waals surface area contributed by atoms with Gasteiger partial charge in [-0.3, -0.25) is 0 Å². The van der Waals surface area contributed by atoms with Crippen LogP contribution in [0.15, 0.2) is 23.1 Å². The number of anilines is 1. The Morgan fingerprint density at radius 1 is 1.29 bits per heavy atom. The van der Waals surface area contributed by atoms with Crippen LogP contribution in [0.3, 0.4) is 0 Å². The summed E-state index contributed by atoms with van der Waals surface area (Å²) in [6.07, 6.45) is 5.24. The zero-order chi connectivity index (χ0) is 15.5. The van der Waals surface area contributed by atoms with Gasteiger partial charge in [0.15, 0.2) is 0 Å². The second-order valence-corrected chi connectivity index (χ2v) is 7.39. The van der Waals surface area contributed by atoms with E-state index in [0.717, 1.165) is 32.1 Å². The van der Waals surface area contributed by atoms with Gasteiger partial charge in [-0.15, -0.1) is 0 Å². The van der Waals surface area contributed by atoms with Crippen LogP contribution >= 0.6 is 0 Å². The van der Waals surface area contributed by atoms with Crippen LogP contribution in [0.25, 0.3) is 0 Å². The minimum atomic E-state index is -3.65. The van der Waals surface area contributed by atoms with Gasteiger partial charge in [0, 0.05) is 6.04 Å². The molecule has 3 N–H and O–H groups in total. The fourth-order valence-electron chi connectivity index (χ4n) is 2.79. The number of hydrogen-bond acceptors (Lipinski definition) is 4. The predicted octanol–water partition coefficient (Wildman–Crippen LogP) is 2.39. The number of nitrogens with zero attached hydrogens (tertiary/aromatic N) is 1. The molecule has 0 amide bonds. The van der Waals surface area contributed by atoms with Crippen LogP contribution in [0.2, 0.25) is 0 Å². The predicted molar refractivity (Wildman–Crippen MR) is 81.9 cm³/mol. The maximum absolute atomic E-state index is 12.5. The molecule has 2 unspecified atom stereocenters. The summed E-state index contributed by atoms with van der Waals surface area (Å²) < 4.78 is 27.8. The molecule has 0 saturated heterocycles. The van der Waals surface area contributed by atoms with Crippen molar-refractivity contribution in [3.63, 3.8) is 0 Å². The van der Waals surface area contributed by atoms with Gasteiger partial charge in [-0.25, -0.2) is 13.1 Å². The van der Waals surface area contributed by atoms with Gasteiger partial charge in [-0.1, -0.05) is 26.2 Å². The van der Waals surface area contributed by atoms with Crippen molar-refractivity contribution in [1.82, 2.24) is 4.72 Å². The molecule has 0 aliphatic heterocycles. The van der Waals surface area contributed by atoms with Gasteiger partial charge < -0.3 is 5.73 Å². The first-order valence-corrected chi connectivity index (χ1v) is 8.74. The first kappa shape index (κ1) is 15.8. The van der Waals surface area contributed by atoms with Crippen molar-refractivity contribution in [1.29, 1.82) is 5.26 Å². The lowest BCUT2D eigenvalue weighted by molar-refractivity contribution is 0.399. The molecule has 0 bridgehead atoms. The third kappa shape index (κ3) is 3.74. The van der Waals surface area contributed by atoms with Crippen molar-refractivity contribution in [2.45, 2.75) is 50.0 Å². The van der Waals surface area contributed by atoms with E-state index in [1.165, 1.54) is 18.2 Å². The maximum atomic E-state index is 12.5. The largest absolute Gasteiger partial charge is 0.398 e. The summed E-state index contributed by atoms with van der Waals surface area (Å²) >= 11 is 0. The lowest BCUT2D eigenvalue weighted by Crippen LogP contribution is -2.39. The zero-order valence-corrected chi connectivity index (χ0v) is 13.0. The highest BCUT2D eigenvalue weighted by molar-refractivity contribution is 7.89. The Balaban J connectivity index is 2.24. The van der Waals surface area contributed by atoms with Crippen molar-refractivity contribution in [2.24, 2.45) is 5.92 Å². The average Bonchev–Trinajstić information content (AvgIpc) is 2.63. The standard InChI is InChI=1S/C15H21N3O2S/c1-11-5-3-2-4-6-14(11)18-21(19,20)15-8-7-12(10-16)9-13(15)17/h7-9,11,14,18H,2-6,17H2,1H3. The van der Waals surface area contributed by atoms with E-state index in [0.29, 0.717) is 11.5 Å². The second kappa shape index (κ2) is 6.46. The molecule has 1 saturated carbocycles. The molecule has 5 nitrogen and oxygen atoms in total. The molecular formula is C15H21N3O2S. The van der Waals surface area contributed by atoms with E-state index in [-0.39, 0.29) is 16.6 Å². The van der Waals surface area contributed by atoms with Gasteiger partial charge in [-0.2, -0.15) is 5.26 Å². The first-order valence-electron chi connectivity index (χ1n) is 7.26. The first-order chi connectivity index (χ1) is 9.94. The molecule has 2 atom stereocenters. The molecule has 1 aliphatic carbocycles. The third-order valence-corrected chi connectivity index (χ3v) is 5.66. The van der Waals surface area contributed by atoms with E-state index in [1.54, 1.807) is 0 Å². The number of rotatable bonds is 3. The molecule has 1 aliphatic rings. The summed E-state index contributed by atoms with van der Waals surface area (Å²) in [7, 11) is -3.65. The normalized spacial score (nSPS) is 23.2. The fourth-order valence-corrected chi connectivity index (χ4v) is 4.29. The Morgan fingerprint density at radius 3 is 2.67 bits per heavy atom. The van der Waals surface area contributed by atoms with Crippen LogP contribution in [0.5, 0.6) is 0 Å². The minimum absolute atomic E-state index is 0.0486. The molecule has 0 aromatic heterocycles. The highest BCUT2D eigenvalue weighted by atomic mass is 32.2. The molecule has 114 valence electrons. The van der Waals surface area contributed by atoms with Crippen LogP contribution in [0.1, 0.15) is 44.6 Å². The number of hydrogen-bond donors (Lipinski definition) is 2. The summed E-state index contributed by atoms with van der Waals surface area (Å²) in [5.74, 6) is 0.321. The highest BCUT2D eigenvalue weighted by Gasteiger charge is 2.27. The molecule has 6 heteroatoms. The van der Waals surface area contributed by atoms with E-state index >= 15 is 0 Å². The van der Waals surface area contributed by atoms with E-state index in [9.17, 15) is 8.42 Å². The quantitative estimate of drug-likeness (QED) is 0.662. The average molecular weight is 307 g/mol. The molecule has 0 spiro atoms. The van der Waals surface area contributed by atoms with Crippen LogP contribution in [0.4, 0.5) is 5.69 Å². The molecule has 0 radical (unpaired) electrons. The molecule has 1 aromatic rings. The Bertz CT molecular complexity index is 649. The second-order valence-electron chi connectivity index (χ2n) is 5.71. The van der Waals surface area contributed by atoms with Gasteiger partial charge >= 0.3 is 0 Å². The Kier molecular flexibility index (Phi) is 4.86. The molecular weight excluding hydrogens is 286 g/mol. The number of benzene rings is 1. The van der Waals surface area contributed by atoms with Crippen molar-refractivity contribution in [2.75, 3.05) is 5.73 Å². The third-order valence-electron chi connectivity index (χ3n) is 4.10. The van der Waals surface area contributed by atoms with E-state index in [4.69, 9.17) is 11.0 Å². The number of sulfonamides is 1. The molecule has 1 aromatic carbocycles. The molecule has 0 heterocycles. The number of nitrogens with one attached hydrogen (secondary N) is 1. The number of nitriles is 1. The summed E-state index contributed by atoms with van der Waals surface area (Å²) in [5, 5.41) is 8.81. The molecule has 1 fully saturated rings. The summed E-state index contributed by atoms with van der Waals surface area (Å²) in [5.41, 5.74) is 6.25. The van der Waals surface area contributed by atoms with Crippen molar-refractivity contribution < 1.29 is 8.42 Å². The molecule has 2 rings (SSSR count). The van der Waals surface area contributed by atoms with E-state index in [1.807, 2.05) is 6.07 Å². The summed E-state index contributed by atoms with van der Waals surface area (Å²) in [6.45, 7) is 2.08. The summed E-state index contributed by atoms with van der Waals surface area (Å²) in [6, 6.07) is 6.17. The van der Waals surface area contributed by atoms with Crippen molar-refractivity contribution >= 4 is 15.7 Å². The van der Waals surface area contributed by atoms with Crippen molar-refractivity contribution in [3.8, 4) is 6.07 Å². The van der Waals surface area contributed by atoms with Gasteiger partial charge in [0.05, 0.1) is 17.3 Å². The van der Waals surface area contributed by atoms with Crippen LogP contribution < -0.4 is 10.5 Å². The highest BCUT2D eigenvalue weighted by Crippen LogP contribution is 2.26. The van der Waals surface area contributed by atoms with E-state index < -0.39 is 10.0 Å². The smallest absolute Gasteiger partial charge is 0.242 e. The fraction of sp³-hybridized carbons (Fsp3) is 0.533. The maximum Gasteiger partial charge on any atom is 0.242 e. The molecule has 21 heavy (non-hydrogen) atoms. The van der Waals surface area contributed by atoms with Gasteiger partial charge in [0.1, 0.15) is 4.90 Å². The lowest BCUT2D eigenvalue weighted by atomic mass is 9.98. The minimum Gasteiger partial charge on any atom is -0.398 e. The van der Waals surface area contributed by atoms with Gasteiger partial charge in [0.25, 0.3) is 0 Å². The van der Waals surface area contributed by atoms with Gasteiger partial charge in [0.2, 0.25) is 10.0 Å². The topological polar surface area (TPSA) is 96.0 Å². The summed E-state index contributed by atoms with van der Waals surface area (Å²) in [4.78, 5) is 0.0537. The van der Waals surface area contributed by atoms with E-state index in [2.05, 4.69) is 11.6 Å². The van der Waals surface area contributed by atoms with Crippen LogP contribution in [0, 0.1) is 17.2 Å².